The molecule has 0 amide bonds. The molecule has 6 rings (SSSR count). The first-order valence-electron chi connectivity index (χ1n) is 11.1. The van der Waals surface area contributed by atoms with E-state index < -0.39 is 0 Å². The second-order valence-corrected chi connectivity index (χ2v) is 8.63. The van der Waals surface area contributed by atoms with Crippen molar-refractivity contribution < 1.29 is 5.11 Å². The molecule has 2 aliphatic rings. The highest BCUT2D eigenvalue weighted by Gasteiger charge is 2.21. The van der Waals surface area contributed by atoms with Gasteiger partial charge >= 0.3 is 0 Å². The maximum absolute atomic E-state index is 9.74. The normalized spacial score (nSPS) is 19.4. The number of rotatable bonds is 4. The Morgan fingerprint density at radius 2 is 1.72 bits per heavy atom. The predicted molar refractivity (Wildman–Crippen MR) is 125 cm³/mol. The van der Waals surface area contributed by atoms with Gasteiger partial charge in [0, 0.05) is 11.7 Å². The minimum atomic E-state index is -0.185. The lowest BCUT2D eigenvalue weighted by atomic mass is 9.93. The molecule has 0 saturated heterocycles. The first-order valence-corrected chi connectivity index (χ1v) is 11.1. The van der Waals surface area contributed by atoms with Crippen molar-refractivity contribution in [3.63, 3.8) is 0 Å². The number of hydrogen-bond acceptors (Lipinski definition) is 7. The van der Waals surface area contributed by atoms with E-state index in [0.717, 1.165) is 37.8 Å². The molecule has 32 heavy (non-hydrogen) atoms. The minimum Gasteiger partial charge on any atom is -0.393 e. The van der Waals surface area contributed by atoms with E-state index in [1.807, 2.05) is 0 Å². The van der Waals surface area contributed by atoms with Gasteiger partial charge in [0.2, 0.25) is 5.95 Å². The van der Waals surface area contributed by atoms with Gasteiger partial charge in [-0.15, -0.1) is 0 Å². The van der Waals surface area contributed by atoms with E-state index >= 15 is 0 Å². The Morgan fingerprint density at radius 3 is 2.62 bits per heavy atom. The van der Waals surface area contributed by atoms with Crippen LogP contribution < -0.4 is 10.6 Å². The van der Waals surface area contributed by atoms with Crippen LogP contribution in [0.2, 0.25) is 0 Å². The molecule has 2 aromatic carbocycles. The van der Waals surface area contributed by atoms with Gasteiger partial charge in [-0.05, 0) is 66.5 Å². The Labute approximate surface area is 186 Å². The number of aliphatic hydroxyl groups excluding tert-OH is 1. The maximum Gasteiger partial charge on any atom is 0.223 e. The van der Waals surface area contributed by atoms with Crippen LogP contribution in [0.4, 0.5) is 17.5 Å². The fraction of sp³-hybridized carbons (Fsp3) is 0.280. The average molecular weight is 425 g/mol. The topological polar surface area (TPSA) is 95.9 Å². The zero-order chi connectivity index (χ0) is 21.5. The Hall–Kier alpha value is -3.58. The van der Waals surface area contributed by atoms with Crippen molar-refractivity contribution in [2.24, 2.45) is 0 Å². The van der Waals surface area contributed by atoms with Crippen LogP contribution in [0.1, 0.15) is 36.8 Å². The first kappa shape index (κ1) is 19.1. The average Bonchev–Trinajstić information content (AvgIpc) is 3.19. The van der Waals surface area contributed by atoms with E-state index in [9.17, 15) is 5.11 Å². The van der Waals surface area contributed by atoms with Gasteiger partial charge in [0.1, 0.15) is 17.4 Å². The number of hydrogen-bond donors (Lipinski definition) is 3. The molecular weight excluding hydrogens is 400 g/mol. The van der Waals surface area contributed by atoms with Crippen LogP contribution >= 0.6 is 0 Å². The van der Waals surface area contributed by atoms with Crippen molar-refractivity contribution in [3.05, 3.63) is 66.1 Å². The molecule has 1 saturated carbocycles. The Morgan fingerprint density at radius 1 is 0.875 bits per heavy atom. The summed E-state index contributed by atoms with van der Waals surface area (Å²) < 4.78 is 0. The third-order valence-corrected chi connectivity index (χ3v) is 6.46. The first-order chi connectivity index (χ1) is 15.7. The van der Waals surface area contributed by atoms with Crippen molar-refractivity contribution >= 4 is 28.5 Å². The lowest BCUT2D eigenvalue weighted by Gasteiger charge is -2.26. The van der Waals surface area contributed by atoms with Gasteiger partial charge in [-0.1, -0.05) is 30.3 Å². The molecule has 0 spiro atoms. The van der Waals surface area contributed by atoms with Gasteiger partial charge in [-0.3, -0.25) is 0 Å². The summed E-state index contributed by atoms with van der Waals surface area (Å²) in [6.07, 6.45) is 7.47. The summed E-state index contributed by atoms with van der Waals surface area (Å²) in [7, 11) is 0. The summed E-state index contributed by atoms with van der Waals surface area (Å²) in [5.41, 5.74) is 7.65. The molecule has 0 radical (unpaired) electrons. The molecule has 1 fully saturated rings. The second kappa shape index (κ2) is 7.84. The van der Waals surface area contributed by atoms with Crippen molar-refractivity contribution in [2.45, 2.75) is 44.2 Å². The molecule has 0 atom stereocenters. The molecule has 2 aliphatic carbocycles. The summed E-state index contributed by atoms with van der Waals surface area (Å²) in [4.78, 5) is 17.9. The highest BCUT2D eigenvalue weighted by molar-refractivity contribution is 5.88. The minimum absolute atomic E-state index is 0.185. The molecule has 0 bridgehead atoms. The molecule has 0 aliphatic heterocycles. The van der Waals surface area contributed by atoms with Crippen LogP contribution in [-0.2, 0) is 6.42 Å². The van der Waals surface area contributed by atoms with Crippen LogP contribution in [0.3, 0.4) is 0 Å². The summed E-state index contributed by atoms with van der Waals surface area (Å²) in [5.74, 6) is 1.23. The van der Waals surface area contributed by atoms with E-state index in [4.69, 9.17) is 4.98 Å². The van der Waals surface area contributed by atoms with Gasteiger partial charge in [0.15, 0.2) is 5.82 Å². The van der Waals surface area contributed by atoms with Crippen LogP contribution in [-0.4, -0.2) is 37.2 Å². The molecule has 2 aromatic heterocycles. The lowest BCUT2D eigenvalue weighted by Crippen LogP contribution is -2.28. The molecule has 4 aromatic rings. The van der Waals surface area contributed by atoms with Gasteiger partial charge < -0.3 is 15.7 Å². The summed E-state index contributed by atoms with van der Waals surface area (Å²) in [6, 6.07) is 15.3. The quantitative estimate of drug-likeness (QED) is 0.392. The van der Waals surface area contributed by atoms with E-state index in [0.29, 0.717) is 22.8 Å². The van der Waals surface area contributed by atoms with Crippen LogP contribution in [0.15, 0.2) is 55.0 Å². The van der Waals surface area contributed by atoms with Gasteiger partial charge in [-0.25, -0.2) is 19.9 Å². The number of fused-ring (bicyclic) bond motifs is 4. The summed E-state index contributed by atoms with van der Waals surface area (Å²) in [5, 5.41) is 16.6. The Balaban J connectivity index is 1.27. The van der Waals surface area contributed by atoms with Crippen molar-refractivity contribution in [1.29, 1.82) is 0 Å². The monoisotopic (exact) mass is 424 g/mol. The molecular formula is C25H24N6O. The molecule has 2 heterocycles. The molecule has 7 nitrogen and oxygen atoms in total. The third-order valence-electron chi connectivity index (χ3n) is 6.46. The highest BCUT2D eigenvalue weighted by atomic mass is 16.3. The lowest BCUT2D eigenvalue weighted by molar-refractivity contribution is 0.126. The zero-order valence-electron chi connectivity index (χ0n) is 17.6. The fourth-order valence-corrected chi connectivity index (χ4v) is 4.78. The van der Waals surface area contributed by atoms with Crippen molar-refractivity contribution in [2.75, 3.05) is 10.6 Å². The number of nitrogens with zero attached hydrogens (tertiary/aromatic N) is 4. The predicted octanol–water partition coefficient (Wildman–Crippen LogP) is 4.45. The molecule has 0 unspecified atom stereocenters. The fourth-order valence-electron chi connectivity index (χ4n) is 4.78. The number of aromatic nitrogens is 4. The van der Waals surface area contributed by atoms with Gasteiger partial charge in [-0.2, -0.15) is 0 Å². The largest absolute Gasteiger partial charge is 0.393 e. The van der Waals surface area contributed by atoms with Gasteiger partial charge in [0.05, 0.1) is 12.3 Å². The van der Waals surface area contributed by atoms with E-state index in [1.165, 1.54) is 28.6 Å². The smallest absolute Gasteiger partial charge is 0.223 e. The standard InChI is InChI=1S/C25H24N6O/c32-19-8-5-17(6-9-19)30-25-26-13-22-23(31-25)24(28-14-27-22)29-18-7-10-21-16(12-18)11-15-3-1-2-4-20(15)21/h1-4,7,10,12-14,17,19,32H,5-6,8-9,11H2,(H,26,30,31)(H,27,28,29)/t17-,19-. The number of aliphatic hydroxyl groups is 1. The zero-order valence-corrected chi connectivity index (χ0v) is 17.6. The van der Waals surface area contributed by atoms with E-state index in [1.54, 1.807) is 6.20 Å². The summed E-state index contributed by atoms with van der Waals surface area (Å²) >= 11 is 0. The molecule has 160 valence electrons. The van der Waals surface area contributed by atoms with Crippen LogP contribution in [0.25, 0.3) is 22.2 Å². The number of benzene rings is 2. The van der Waals surface area contributed by atoms with E-state index in [-0.39, 0.29) is 12.1 Å². The van der Waals surface area contributed by atoms with Gasteiger partial charge in [0.25, 0.3) is 0 Å². The Kier molecular flexibility index (Phi) is 4.69. The number of anilines is 3. The van der Waals surface area contributed by atoms with Crippen molar-refractivity contribution in [1.82, 2.24) is 19.9 Å². The molecule has 7 heteroatoms. The number of nitrogens with one attached hydrogen (secondary N) is 2. The molecule has 3 N–H and O–H groups in total. The van der Waals surface area contributed by atoms with Crippen LogP contribution in [0, 0.1) is 0 Å². The van der Waals surface area contributed by atoms with E-state index in [2.05, 4.69) is 68.1 Å². The second-order valence-electron chi connectivity index (χ2n) is 8.63. The highest BCUT2D eigenvalue weighted by Crippen LogP contribution is 2.38. The maximum atomic E-state index is 9.74. The summed E-state index contributed by atoms with van der Waals surface area (Å²) in [6.45, 7) is 0. The Bertz CT molecular complexity index is 1300. The van der Waals surface area contributed by atoms with Crippen LogP contribution in [0.5, 0.6) is 0 Å². The van der Waals surface area contributed by atoms with Crippen molar-refractivity contribution in [3.8, 4) is 11.1 Å². The SMILES string of the molecule is O[C@H]1CC[C@H](Nc2ncc3ncnc(Nc4ccc5c(c4)Cc4ccccc4-5)c3n2)CC1. The third kappa shape index (κ3) is 3.54.